The predicted molar refractivity (Wildman–Crippen MR) is 77.5 cm³/mol. The molecule has 0 unspecified atom stereocenters. The van der Waals surface area contributed by atoms with Crippen LogP contribution in [0.1, 0.15) is 32.1 Å². The maximum Gasteiger partial charge on any atom is 0.191 e. The zero-order valence-electron chi connectivity index (χ0n) is 10.7. The van der Waals surface area contributed by atoms with Crippen molar-refractivity contribution >= 4 is 17.7 Å². The number of nitrogens with zero attached hydrogens (tertiary/aromatic N) is 1. The summed E-state index contributed by atoms with van der Waals surface area (Å²) in [5.41, 5.74) is 0. The summed E-state index contributed by atoms with van der Waals surface area (Å²) < 4.78 is 0. The number of aliphatic imine (C=N–C) groups is 1. The summed E-state index contributed by atoms with van der Waals surface area (Å²) >= 11 is 1.77. The number of hydrogen-bond acceptors (Lipinski definition) is 2. The van der Waals surface area contributed by atoms with E-state index in [-0.39, 0.29) is 0 Å². The van der Waals surface area contributed by atoms with Crippen LogP contribution in [0.5, 0.6) is 0 Å². The van der Waals surface area contributed by atoms with Gasteiger partial charge in [0.25, 0.3) is 0 Å². The number of rotatable bonds is 5. The van der Waals surface area contributed by atoms with E-state index in [0.29, 0.717) is 6.04 Å². The van der Waals surface area contributed by atoms with Gasteiger partial charge in [0.05, 0.1) is 5.75 Å². The zero-order valence-corrected chi connectivity index (χ0v) is 11.5. The summed E-state index contributed by atoms with van der Waals surface area (Å²) in [5, 5.41) is 6.81. The van der Waals surface area contributed by atoms with E-state index in [1.165, 1.54) is 32.1 Å². The summed E-state index contributed by atoms with van der Waals surface area (Å²) in [4.78, 5) is 4.24. The van der Waals surface area contributed by atoms with Crippen LogP contribution in [-0.4, -0.2) is 37.1 Å². The third kappa shape index (κ3) is 6.48. The van der Waals surface area contributed by atoms with E-state index in [1.54, 1.807) is 11.8 Å². The number of guanidine groups is 1. The molecule has 1 rings (SSSR count). The van der Waals surface area contributed by atoms with Crippen LogP contribution in [0, 0.1) is 12.3 Å². The Hall–Kier alpha value is -0.820. The Morgan fingerprint density at radius 1 is 1.41 bits per heavy atom. The standard InChI is InChI=1S/C13H23N3S/c1-3-10-17-11-9-15-13(14-2)16-12-7-5-4-6-8-12/h1,12H,4-11H2,2H3,(H2,14,15,16). The van der Waals surface area contributed by atoms with Crippen molar-refractivity contribution in [3.63, 3.8) is 0 Å². The van der Waals surface area contributed by atoms with E-state index in [9.17, 15) is 0 Å². The molecule has 0 spiro atoms. The summed E-state index contributed by atoms with van der Waals surface area (Å²) in [6.07, 6.45) is 11.8. The highest BCUT2D eigenvalue weighted by molar-refractivity contribution is 7.99. The average molecular weight is 253 g/mol. The average Bonchev–Trinajstić information content (AvgIpc) is 2.38. The van der Waals surface area contributed by atoms with Crippen molar-refractivity contribution in [3.05, 3.63) is 0 Å². The molecule has 0 aromatic heterocycles. The summed E-state index contributed by atoms with van der Waals surface area (Å²) in [5.74, 6) is 5.37. The lowest BCUT2D eigenvalue weighted by atomic mass is 9.96. The fourth-order valence-corrected chi connectivity index (χ4v) is 2.52. The second-order valence-corrected chi connectivity index (χ2v) is 5.34. The molecule has 0 saturated heterocycles. The van der Waals surface area contributed by atoms with E-state index in [0.717, 1.165) is 24.0 Å². The molecule has 1 aliphatic carbocycles. The molecule has 0 aliphatic heterocycles. The number of terminal acetylenes is 1. The molecule has 0 atom stereocenters. The van der Waals surface area contributed by atoms with Crippen LogP contribution < -0.4 is 10.6 Å². The second kappa shape index (κ2) is 9.23. The van der Waals surface area contributed by atoms with Crippen LogP contribution in [-0.2, 0) is 0 Å². The van der Waals surface area contributed by atoms with Crippen LogP contribution in [0.15, 0.2) is 4.99 Å². The molecule has 1 aliphatic rings. The van der Waals surface area contributed by atoms with E-state index in [2.05, 4.69) is 21.5 Å². The van der Waals surface area contributed by atoms with Crippen molar-refractivity contribution in [1.82, 2.24) is 10.6 Å². The molecular formula is C13H23N3S. The van der Waals surface area contributed by atoms with Gasteiger partial charge in [-0.1, -0.05) is 25.2 Å². The molecule has 0 radical (unpaired) electrons. The number of thioether (sulfide) groups is 1. The molecule has 17 heavy (non-hydrogen) atoms. The largest absolute Gasteiger partial charge is 0.356 e. The molecular weight excluding hydrogens is 230 g/mol. The Labute approximate surface area is 109 Å². The molecule has 0 bridgehead atoms. The third-order valence-corrected chi connectivity index (χ3v) is 3.76. The van der Waals surface area contributed by atoms with E-state index >= 15 is 0 Å². The van der Waals surface area contributed by atoms with Gasteiger partial charge in [-0.15, -0.1) is 18.2 Å². The number of nitrogens with one attached hydrogen (secondary N) is 2. The summed E-state index contributed by atoms with van der Waals surface area (Å²) in [6, 6.07) is 0.605. The Morgan fingerprint density at radius 2 is 2.18 bits per heavy atom. The highest BCUT2D eigenvalue weighted by Gasteiger charge is 2.13. The first-order valence-corrected chi connectivity index (χ1v) is 7.50. The second-order valence-electron chi connectivity index (χ2n) is 4.23. The maximum absolute atomic E-state index is 5.19. The minimum atomic E-state index is 0.605. The highest BCUT2D eigenvalue weighted by atomic mass is 32.2. The molecule has 3 nitrogen and oxygen atoms in total. The Balaban J connectivity index is 2.13. The molecule has 1 saturated carbocycles. The van der Waals surface area contributed by atoms with Crippen molar-refractivity contribution in [2.24, 2.45) is 4.99 Å². The first kappa shape index (κ1) is 14.2. The first-order chi connectivity index (χ1) is 8.36. The lowest BCUT2D eigenvalue weighted by Crippen LogP contribution is -2.44. The van der Waals surface area contributed by atoms with Gasteiger partial charge in [0.1, 0.15) is 0 Å². The first-order valence-electron chi connectivity index (χ1n) is 6.35. The molecule has 2 N–H and O–H groups in total. The molecule has 96 valence electrons. The zero-order chi connectivity index (χ0) is 12.3. The van der Waals surface area contributed by atoms with Crippen molar-refractivity contribution in [3.8, 4) is 12.3 Å². The Kier molecular flexibility index (Phi) is 7.74. The molecule has 0 heterocycles. The van der Waals surface area contributed by atoms with Gasteiger partial charge in [0.2, 0.25) is 0 Å². The van der Waals surface area contributed by atoms with Crippen LogP contribution in [0.25, 0.3) is 0 Å². The minimum absolute atomic E-state index is 0.605. The summed E-state index contributed by atoms with van der Waals surface area (Å²) in [7, 11) is 1.83. The fourth-order valence-electron chi connectivity index (χ4n) is 2.01. The fraction of sp³-hybridized carbons (Fsp3) is 0.769. The molecule has 1 fully saturated rings. The highest BCUT2D eigenvalue weighted by Crippen LogP contribution is 2.17. The lowest BCUT2D eigenvalue weighted by molar-refractivity contribution is 0.410. The quantitative estimate of drug-likeness (QED) is 0.340. The lowest BCUT2D eigenvalue weighted by Gasteiger charge is -2.24. The van der Waals surface area contributed by atoms with E-state index in [4.69, 9.17) is 6.42 Å². The van der Waals surface area contributed by atoms with Gasteiger partial charge in [-0.05, 0) is 12.8 Å². The van der Waals surface area contributed by atoms with Crippen molar-refractivity contribution in [2.75, 3.05) is 25.1 Å². The molecule has 0 amide bonds. The van der Waals surface area contributed by atoms with Gasteiger partial charge in [-0.25, -0.2) is 0 Å². The predicted octanol–water partition coefficient (Wildman–Crippen LogP) is 1.85. The molecule has 4 heteroatoms. The Bertz CT molecular complexity index is 264. The SMILES string of the molecule is C#CCSCCNC(=NC)NC1CCCCC1. The van der Waals surface area contributed by atoms with Gasteiger partial charge in [-0.2, -0.15) is 0 Å². The smallest absolute Gasteiger partial charge is 0.191 e. The normalized spacial score (nSPS) is 17.5. The van der Waals surface area contributed by atoms with Gasteiger partial charge < -0.3 is 10.6 Å². The third-order valence-electron chi connectivity index (χ3n) is 2.89. The molecule has 0 aromatic rings. The minimum Gasteiger partial charge on any atom is -0.356 e. The van der Waals surface area contributed by atoms with Gasteiger partial charge in [0, 0.05) is 25.4 Å². The molecule has 0 aromatic carbocycles. The maximum atomic E-state index is 5.19. The van der Waals surface area contributed by atoms with E-state index < -0.39 is 0 Å². The van der Waals surface area contributed by atoms with Gasteiger partial charge in [0.15, 0.2) is 5.96 Å². The number of hydrogen-bond donors (Lipinski definition) is 2. The van der Waals surface area contributed by atoms with Crippen LogP contribution in [0.2, 0.25) is 0 Å². The van der Waals surface area contributed by atoms with Gasteiger partial charge in [-0.3, -0.25) is 4.99 Å². The van der Waals surface area contributed by atoms with Crippen molar-refractivity contribution in [1.29, 1.82) is 0 Å². The van der Waals surface area contributed by atoms with E-state index in [1.807, 2.05) is 7.05 Å². The van der Waals surface area contributed by atoms with Crippen LogP contribution >= 0.6 is 11.8 Å². The van der Waals surface area contributed by atoms with Crippen LogP contribution in [0.4, 0.5) is 0 Å². The topological polar surface area (TPSA) is 36.4 Å². The summed E-state index contributed by atoms with van der Waals surface area (Å²) in [6.45, 7) is 0.915. The monoisotopic (exact) mass is 253 g/mol. The Morgan fingerprint density at radius 3 is 2.82 bits per heavy atom. The van der Waals surface area contributed by atoms with Crippen LogP contribution in [0.3, 0.4) is 0 Å². The van der Waals surface area contributed by atoms with Gasteiger partial charge >= 0.3 is 0 Å². The van der Waals surface area contributed by atoms with Crippen molar-refractivity contribution in [2.45, 2.75) is 38.1 Å². The van der Waals surface area contributed by atoms with Crippen molar-refractivity contribution < 1.29 is 0 Å².